The van der Waals surface area contributed by atoms with Crippen molar-refractivity contribution in [3.05, 3.63) is 34.3 Å². The molecule has 17 heavy (non-hydrogen) atoms. The SMILES string of the molecule is FC(F)c1ccc(Cl)cc1CC1CCNCC1. The molecule has 2 rings (SSSR count). The van der Waals surface area contributed by atoms with Crippen LogP contribution in [0, 0.1) is 5.92 Å². The first-order chi connectivity index (χ1) is 8.16. The van der Waals surface area contributed by atoms with Crippen LogP contribution >= 0.6 is 11.6 Å². The minimum atomic E-state index is -2.41. The number of alkyl halides is 2. The third kappa shape index (κ3) is 3.39. The molecule has 1 nitrogen and oxygen atoms in total. The molecule has 0 saturated carbocycles. The molecule has 1 aliphatic rings. The summed E-state index contributed by atoms with van der Waals surface area (Å²) in [5.74, 6) is 0.493. The van der Waals surface area contributed by atoms with Gasteiger partial charge >= 0.3 is 0 Å². The predicted molar refractivity (Wildman–Crippen MR) is 65.7 cm³/mol. The van der Waals surface area contributed by atoms with Crippen molar-refractivity contribution >= 4 is 11.6 Å². The molecule has 0 aliphatic carbocycles. The third-order valence-corrected chi connectivity index (χ3v) is 3.54. The number of rotatable bonds is 3. The summed E-state index contributed by atoms with van der Waals surface area (Å²) in [5, 5.41) is 3.82. The maximum atomic E-state index is 12.9. The van der Waals surface area contributed by atoms with Crippen molar-refractivity contribution in [3.63, 3.8) is 0 Å². The maximum Gasteiger partial charge on any atom is 0.264 e. The topological polar surface area (TPSA) is 12.0 Å². The molecule has 0 aromatic heterocycles. The van der Waals surface area contributed by atoms with Crippen LogP contribution in [0.3, 0.4) is 0 Å². The van der Waals surface area contributed by atoms with Gasteiger partial charge in [0.2, 0.25) is 0 Å². The van der Waals surface area contributed by atoms with Crippen molar-refractivity contribution in [3.8, 4) is 0 Å². The average molecular weight is 260 g/mol. The molecule has 0 atom stereocenters. The molecule has 0 unspecified atom stereocenters. The van der Waals surface area contributed by atoms with Gasteiger partial charge in [-0.25, -0.2) is 8.78 Å². The van der Waals surface area contributed by atoms with Crippen molar-refractivity contribution in [1.82, 2.24) is 5.32 Å². The van der Waals surface area contributed by atoms with Crippen LogP contribution in [-0.2, 0) is 6.42 Å². The predicted octanol–water partition coefficient (Wildman–Crippen LogP) is 3.82. The summed E-state index contributed by atoms with van der Waals surface area (Å²) in [6.07, 6.45) is 0.399. The van der Waals surface area contributed by atoms with E-state index in [1.54, 1.807) is 6.07 Å². The summed E-state index contributed by atoms with van der Waals surface area (Å²) in [4.78, 5) is 0. The molecule has 1 aromatic carbocycles. The Bertz CT molecular complexity index is 376. The summed E-state index contributed by atoms with van der Waals surface area (Å²) >= 11 is 5.88. The van der Waals surface area contributed by atoms with E-state index >= 15 is 0 Å². The van der Waals surface area contributed by atoms with Gasteiger partial charge in [0, 0.05) is 10.6 Å². The highest BCUT2D eigenvalue weighted by atomic mass is 35.5. The fraction of sp³-hybridized carbons (Fsp3) is 0.538. The second kappa shape index (κ2) is 5.78. The number of piperidine rings is 1. The van der Waals surface area contributed by atoms with Gasteiger partial charge in [0.1, 0.15) is 0 Å². The second-order valence-electron chi connectivity index (χ2n) is 4.54. The summed E-state index contributed by atoms with van der Waals surface area (Å²) in [5.41, 5.74) is 0.840. The Hall–Kier alpha value is -0.670. The van der Waals surface area contributed by atoms with E-state index in [4.69, 9.17) is 11.6 Å². The first-order valence-electron chi connectivity index (χ1n) is 5.94. The lowest BCUT2D eigenvalue weighted by Gasteiger charge is -2.23. The van der Waals surface area contributed by atoms with E-state index < -0.39 is 6.43 Å². The standard InChI is InChI=1S/C13H16ClF2N/c14-11-1-2-12(13(15)16)10(8-11)7-9-3-5-17-6-4-9/h1-2,8-9,13,17H,3-7H2. The van der Waals surface area contributed by atoms with Gasteiger partial charge < -0.3 is 5.32 Å². The fourth-order valence-corrected chi connectivity index (χ4v) is 2.56. The van der Waals surface area contributed by atoms with E-state index in [2.05, 4.69) is 5.32 Å². The Morgan fingerprint density at radius 1 is 1.29 bits per heavy atom. The van der Waals surface area contributed by atoms with Crippen LogP contribution in [-0.4, -0.2) is 13.1 Å². The number of hydrogen-bond acceptors (Lipinski definition) is 1. The molecule has 94 valence electrons. The smallest absolute Gasteiger partial charge is 0.264 e. The molecule has 0 radical (unpaired) electrons. The van der Waals surface area contributed by atoms with Gasteiger partial charge in [-0.1, -0.05) is 17.7 Å². The first-order valence-corrected chi connectivity index (χ1v) is 6.32. The lowest BCUT2D eigenvalue weighted by Crippen LogP contribution is -2.28. The Balaban J connectivity index is 2.14. The molecule has 1 aromatic rings. The first kappa shape index (κ1) is 12.8. The number of halogens is 3. The van der Waals surface area contributed by atoms with Crippen LogP contribution in [0.25, 0.3) is 0 Å². The van der Waals surface area contributed by atoms with Crippen LogP contribution in [0.1, 0.15) is 30.4 Å². The number of benzene rings is 1. The van der Waals surface area contributed by atoms with Gasteiger partial charge in [-0.3, -0.25) is 0 Å². The van der Waals surface area contributed by atoms with E-state index in [-0.39, 0.29) is 5.56 Å². The van der Waals surface area contributed by atoms with Crippen LogP contribution in [0.15, 0.2) is 18.2 Å². The van der Waals surface area contributed by atoms with Crippen molar-refractivity contribution in [1.29, 1.82) is 0 Å². The number of nitrogens with one attached hydrogen (secondary N) is 1. The van der Waals surface area contributed by atoms with Gasteiger partial charge in [0.25, 0.3) is 6.43 Å². The van der Waals surface area contributed by atoms with E-state index in [0.717, 1.165) is 25.9 Å². The van der Waals surface area contributed by atoms with Crippen LogP contribution in [0.4, 0.5) is 8.78 Å². The summed E-state index contributed by atoms with van der Waals surface area (Å²) in [6.45, 7) is 1.96. The molecule has 1 heterocycles. The number of hydrogen-bond donors (Lipinski definition) is 1. The summed E-state index contributed by atoms with van der Waals surface area (Å²) in [6, 6.07) is 4.67. The molecule has 4 heteroatoms. The van der Waals surface area contributed by atoms with E-state index in [1.165, 1.54) is 12.1 Å². The zero-order valence-corrected chi connectivity index (χ0v) is 10.3. The van der Waals surface area contributed by atoms with E-state index in [0.29, 0.717) is 22.9 Å². The van der Waals surface area contributed by atoms with Crippen molar-refractivity contribution < 1.29 is 8.78 Å². The zero-order valence-electron chi connectivity index (χ0n) is 9.56. The molecule has 1 saturated heterocycles. The molecule has 0 bridgehead atoms. The highest BCUT2D eigenvalue weighted by Gasteiger charge is 2.18. The summed E-state index contributed by atoms with van der Waals surface area (Å²) < 4.78 is 25.7. The van der Waals surface area contributed by atoms with Gasteiger partial charge in [-0.2, -0.15) is 0 Å². The molecule has 1 fully saturated rings. The molecular weight excluding hydrogens is 244 g/mol. The lowest BCUT2D eigenvalue weighted by molar-refractivity contribution is 0.149. The second-order valence-corrected chi connectivity index (χ2v) is 4.98. The monoisotopic (exact) mass is 259 g/mol. The average Bonchev–Trinajstić information content (AvgIpc) is 2.30. The van der Waals surface area contributed by atoms with E-state index in [9.17, 15) is 8.78 Å². The quantitative estimate of drug-likeness (QED) is 0.870. The van der Waals surface area contributed by atoms with Crippen molar-refractivity contribution in [2.24, 2.45) is 5.92 Å². The lowest BCUT2D eigenvalue weighted by atomic mass is 9.89. The largest absolute Gasteiger partial charge is 0.317 e. The molecule has 1 N–H and O–H groups in total. The van der Waals surface area contributed by atoms with Crippen molar-refractivity contribution in [2.45, 2.75) is 25.7 Å². The maximum absolute atomic E-state index is 12.9. The fourth-order valence-electron chi connectivity index (χ4n) is 2.36. The minimum absolute atomic E-state index is 0.132. The Kier molecular flexibility index (Phi) is 4.35. The Morgan fingerprint density at radius 3 is 2.65 bits per heavy atom. The van der Waals surface area contributed by atoms with Crippen LogP contribution in [0.5, 0.6) is 0 Å². The molecule has 0 spiro atoms. The summed E-state index contributed by atoms with van der Waals surface area (Å²) in [7, 11) is 0. The van der Waals surface area contributed by atoms with Gasteiger partial charge in [-0.05, 0) is 56.0 Å². The zero-order chi connectivity index (χ0) is 12.3. The minimum Gasteiger partial charge on any atom is -0.317 e. The van der Waals surface area contributed by atoms with E-state index in [1.807, 2.05) is 0 Å². The molecular formula is C13H16ClF2N. The van der Waals surface area contributed by atoms with Gasteiger partial charge in [-0.15, -0.1) is 0 Å². The van der Waals surface area contributed by atoms with Gasteiger partial charge in [0.05, 0.1) is 0 Å². The highest BCUT2D eigenvalue weighted by Crippen LogP contribution is 2.29. The van der Waals surface area contributed by atoms with Gasteiger partial charge in [0.15, 0.2) is 0 Å². The molecule has 0 amide bonds. The van der Waals surface area contributed by atoms with Crippen molar-refractivity contribution in [2.75, 3.05) is 13.1 Å². The normalized spacial score (nSPS) is 17.6. The highest BCUT2D eigenvalue weighted by molar-refractivity contribution is 6.30. The Morgan fingerprint density at radius 2 is 2.00 bits per heavy atom. The van der Waals surface area contributed by atoms with Crippen LogP contribution in [0.2, 0.25) is 5.02 Å². The van der Waals surface area contributed by atoms with Crippen LogP contribution < -0.4 is 5.32 Å². The third-order valence-electron chi connectivity index (χ3n) is 3.31. The molecule has 1 aliphatic heterocycles. The Labute approximate surface area is 105 Å².